The van der Waals surface area contributed by atoms with E-state index in [0.29, 0.717) is 11.3 Å². The Bertz CT molecular complexity index is 1160. The fourth-order valence-corrected chi connectivity index (χ4v) is 4.29. The molecule has 0 heterocycles. The summed E-state index contributed by atoms with van der Waals surface area (Å²) in [5, 5.41) is 2.55. The second-order valence-electron chi connectivity index (χ2n) is 6.67. The van der Waals surface area contributed by atoms with E-state index in [1.165, 1.54) is 69.7 Å². The Morgan fingerprint density at radius 3 is 1.94 bits per heavy atom. The Morgan fingerprint density at radius 1 is 0.935 bits per heavy atom. The first-order valence-electron chi connectivity index (χ1n) is 8.85. The zero-order valence-electron chi connectivity index (χ0n) is 17.4. The summed E-state index contributed by atoms with van der Waals surface area (Å²) < 4.78 is 55.3. The number of sulfonamides is 2. The van der Waals surface area contributed by atoms with E-state index in [1.54, 1.807) is 0 Å². The van der Waals surface area contributed by atoms with E-state index >= 15 is 0 Å². The largest absolute Gasteiger partial charge is 0.465 e. The van der Waals surface area contributed by atoms with Gasteiger partial charge in [-0.3, -0.25) is 9.10 Å². The predicted octanol–water partition coefficient (Wildman–Crippen LogP) is 1.13. The number of ether oxygens (including phenoxy) is 1. The minimum Gasteiger partial charge on any atom is -0.465 e. The quantitative estimate of drug-likeness (QED) is 0.574. The maximum absolute atomic E-state index is 12.4. The third-order valence-electron chi connectivity index (χ3n) is 4.18. The SMILES string of the molecule is COC(=O)c1ccc(NC(=O)CN(c2ccc(S(=O)(=O)N(C)C)cc2)S(C)(=O)=O)cc1. The standard InChI is InChI=1S/C19H23N3O7S2/c1-21(2)31(27,28)17-11-9-16(10-12-17)22(30(4,25)26)13-18(23)20-15-7-5-14(6-8-15)19(24)29-3/h5-12H,13H2,1-4H3,(H,20,23). The maximum Gasteiger partial charge on any atom is 0.337 e. The van der Waals surface area contributed by atoms with Gasteiger partial charge < -0.3 is 10.1 Å². The van der Waals surface area contributed by atoms with Crippen molar-refractivity contribution in [1.82, 2.24) is 4.31 Å². The molecule has 0 aromatic heterocycles. The molecular weight excluding hydrogens is 446 g/mol. The van der Waals surface area contributed by atoms with Gasteiger partial charge in [-0.05, 0) is 48.5 Å². The minimum atomic E-state index is -3.84. The number of hydrogen-bond acceptors (Lipinski definition) is 7. The fraction of sp³-hybridized carbons (Fsp3) is 0.263. The number of amides is 1. The summed E-state index contributed by atoms with van der Waals surface area (Å²) in [6.07, 6.45) is 0.940. The number of carbonyl (C=O) groups is 2. The van der Waals surface area contributed by atoms with Gasteiger partial charge in [0.15, 0.2) is 0 Å². The first-order chi connectivity index (χ1) is 14.4. The van der Waals surface area contributed by atoms with Crippen LogP contribution < -0.4 is 9.62 Å². The number of carbonyl (C=O) groups excluding carboxylic acids is 2. The van der Waals surface area contributed by atoms with Crippen molar-refractivity contribution in [3.05, 3.63) is 54.1 Å². The number of nitrogens with one attached hydrogen (secondary N) is 1. The fourth-order valence-electron chi connectivity index (χ4n) is 2.53. The molecule has 168 valence electrons. The average molecular weight is 470 g/mol. The molecule has 0 spiro atoms. The average Bonchev–Trinajstić information content (AvgIpc) is 2.71. The van der Waals surface area contributed by atoms with Gasteiger partial charge in [-0.25, -0.2) is 25.9 Å². The van der Waals surface area contributed by atoms with Crippen molar-refractivity contribution in [2.24, 2.45) is 0 Å². The van der Waals surface area contributed by atoms with Crippen molar-refractivity contribution in [1.29, 1.82) is 0 Å². The normalized spacial score (nSPS) is 11.8. The van der Waals surface area contributed by atoms with E-state index in [1.807, 2.05) is 0 Å². The third kappa shape index (κ3) is 6.03. The lowest BCUT2D eigenvalue weighted by Gasteiger charge is -2.22. The molecule has 0 aliphatic rings. The number of benzene rings is 2. The minimum absolute atomic E-state index is 0.00940. The van der Waals surface area contributed by atoms with Crippen LogP contribution in [-0.4, -0.2) is 67.0 Å². The Morgan fingerprint density at radius 2 is 1.48 bits per heavy atom. The van der Waals surface area contributed by atoms with Crippen LogP contribution in [0.5, 0.6) is 0 Å². The molecule has 31 heavy (non-hydrogen) atoms. The molecule has 0 radical (unpaired) electrons. The highest BCUT2D eigenvalue weighted by Crippen LogP contribution is 2.22. The molecule has 12 heteroatoms. The van der Waals surface area contributed by atoms with Crippen molar-refractivity contribution in [3.8, 4) is 0 Å². The molecule has 2 aromatic carbocycles. The van der Waals surface area contributed by atoms with Gasteiger partial charge in [-0.2, -0.15) is 0 Å². The van der Waals surface area contributed by atoms with Crippen LogP contribution in [0, 0.1) is 0 Å². The van der Waals surface area contributed by atoms with Gasteiger partial charge in [-0.15, -0.1) is 0 Å². The molecule has 1 N–H and O–H groups in total. The summed E-state index contributed by atoms with van der Waals surface area (Å²) in [5.41, 5.74) is 0.793. The molecule has 2 rings (SSSR count). The molecule has 0 aliphatic heterocycles. The van der Waals surface area contributed by atoms with E-state index in [2.05, 4.69) is 10.1 Å². The molecule has 2 aromatic rings. The monoisotopic (exact) mass is 469 g/mol. The highest BCUT2D eigenvalue weighted by atomic mass is 32.2. The topological polar surface area (TPSA) is 130 Å². The highest BCUT2D eigenvalue weighted by Gasteiger charge is 2.23. The molecule has 0 saturated heterocycles. The second-order valence-corrected chi connectivity index (χ2v) is 10.7. The van der Waals surface area contributed by atoms with E-state index in [-0.39, 0.29) is 10.6 Å². The van der Waals surface area contributed by atoms with Gasteiger partial charge in [0.25, 0.3) is 0 Å². The van der Waals surface area contributed by atoms with Crippen LogP contribution in [0.2, 0.25) is 0 Å². The Balaban J connectivity index is 2.20. The third-order valence-corrected chi connectivity index (χ3v) is 7.15. The molecule has 0 saturated carbocycles. The van der Waals surface area contributed by atoms with Crippen LogP contribution in [-0.2, 0) is 29.6 Å². The summed E-state index contributed by atoms with van der Waals surface area (Å²) in [7, 11) is -3.50. The van der Waals surface area contributed by atoms with Gasteiger partial charge in [0, 0.05) is 19.8 Å². The first kappa shape index (κ1) is 24.3. The lowest BCUT2D eigenvalue weighted by molar-refractivity contribution is -0.114. The van der Waals surface area contributed by atoms with Crippen LogP contribution in [0.25, 0.3) is 0 Å². The number of methoxy groups -OCH3 is 1. The van der Waals surface area contributed by atoms with Crippen LogP contribution >= 0.6 is 0 Å². The van der Waals surface area contributed by atoms with E-state index < -0.39 is 38.5 Å². The Kier molecular flexibility index (Phi) is 7.41. The second kappa shape index (κ2) is 9.45. The number of esters is 1. The molecule has 1 amide bonds. The van der Waals surface area contributed by atoms with Gasteiger partial charge in [0.05, 0.1) is 29.5 Å². The van der Waals surface area contributed by atoms with Crippen LogP contribution in [0.3, 0.4) is 0 Å². The Labute approximate surface area is 181 Å². The number of nitrogens with zero attached hydrogens (tertiary/aromatic N) is 2. The smallest absolute Gasteiger partial charge is 0.337 e. The van der Waals surface area contributed by atoms with Crippen LogP contribution in [0.15, 0.2) is 53.4 Å². The van der Waals surface area contributed by atoms with Crippen molar-refractivity contribution in [2.45, 2.75) is 4.90 Å². The Hall–Kier alpha value is -2.96. The van der Waals surface area contributed by atoms with Crippen LogP contribution in [0.4, 0.5) is 11.4 Å². The summed E-state index contributed by atoms with van der Waals surface area (Å²) in [4.78, 5) is 23.9. The number of hydrogen-bond donors (Lipinski definition) is 1. The van der Waals surface area contributed by atoms with Gasteiger partial charge in [0.1, 0.15) is 6.54 Å². The summed E-state index contributed by atoms with van der Waals surface area (Å²) in [6.45, 7) is -0.530. The van der Waals surface area contributed by atoms with Crippen molar-refractivity contribution in [2.75, 3.05) is 43.6 Å². The van der Waals surface area contributed by atoms with E-state index in [9.17, 15) is 26.4 Å². The molecule has 10 nitrogen and oxygen atoms in total. The lowest BCUT2D eigenvalue weighted by atomic mass is 10.2. The summed E-state index contributed by atoms with van der Waals surface area (Å²) in [6, 6.07) is 11.1. The number of anilines is 2. The van der Waals surface area contributed by atoms with Crippen molar-refractivity contribution >= 4 is 43.3 Å². The first-order valence-corrected chi connectivity index (χ1v) is 12.1. The molecule has 0 bridgehead atoms. The molecule has 0 fully saturated rings. The van der Waals surface area contributed by atoms with Gasteiger partial charge >= 0.3 is 5.97 Å². The maximum atomic E-state index is 12.4. The zero-order valence-corrected chi connectivity index (χ0v) is 19.0. The molecular formula is C19H23N3O7S2. The lowest BCUT2D eigenvalue weighted by Crippen LogP contribution is -2.37. The van der Waals surface area contributed by atoms with Gasteiger partial charge in [-0.1, -0.05) is 0 Å². The van der Waals surface area contributed by atoms with Gasteiger partial charge in [0.2, 0.25) is 26.0 Å². The summed E-state index contributed by atoms with van der Waals surface area (Å²) in [5.74, 6) is -1.15. The van der Waals surface area contributed by atoms with Crippen molar-refractivity contribution in [3.63, 3.8) is 0 Å². The van der Waals surface area contributed by atoms with E-state index in [0.717, 1.165) is 14.9 Å². The number of rotatable bonds is 8. The predicted molar refractivity (Wildman–Crippen MR) is 116 cm³/mol. The molecule has 0 atom stereocenters. The zero-order chi connectivity index (χ0) is 23.4. The highest BCUT2D eigenvalue weighted by molar-refractivity contribution is 7.92. The van der Waals surface area contributed by atoms with E-state index in [4.69, 9.17) is 0 Å². The molecule has 0 aliphatic carbocycles. The van der Waals surface area contributed by atoms with Crippen LogP contribution in [0.1, 0.15) is 10.4 Å². The van der Waals surface area contributed by atoms with Crippen molar-refractivity contribution < 1.29 is 31.2 Å². The molecule has 0 unspecified atom stereocenters. The summed E-state index contributed by atoms with van der Waals surface area (Å²) >= 11 is 0.